The molecule has 0 radical (unpaired) electrons. The van der Waals surface area contributed by atoms with E-state index in [-0.39, 0.29) is 12.1 Å². The zero-order valence-electron chi connectivity index (χ0n) is 16.0. The highest BCUT2D eigenvalue weighted by Gasteiger charge is 2.30. The molecule has 2 aromatic rings. The fraction of sp³-hybridized carbons (Fsp3) is 0.474. The van der Waals surface area contributed by atoms with Crippen LogP contribution < -0.4 is 9.62 Å². The Morgan fingerprint density at radius 3 is 2.34 bits per heavy atom. The van der Waals surface area contributed by atoms with Crippen LogP contribution in [0.4, 0.5) is 19.0 Å². The van der Waals surface area contributed by atoms with Crippen LogP contribution in [0.25, 0.3) is 0 Å². The first kappa shape index (κ1) is 21.5. The normalized spacial score (nSPS) is 15.5. The Labute approximate surface area is 168 Å². The minimum atomic E-state index is -4.45. The first-order chi connectivity index (χ1) is 13.6. The van der Waals surface area contributed by atoms with Crippen molar-refractivity contribution in [3.05, 3.63) is 53.0 Å². The minimum absolute atomic E-state index is 0.0779. The van der Waals surface area contributed by atoms with Crippen LogP contribution in [0.3, 0.4) is 0 Å². The van der Waals surface area contributed by atoms with Crippen LogP contribution in [0.2, 0.25) is 0 Å². The summed E-state index contributed by atoms with van der Waals surface area (Å²) in [6.07, 6.45) is -1.07. The maximum absolute atomic E-state index is 12.6. The van der Waals surface area contributed by atoms with Crippen LogP contribution in [0.15, 0.2) is 30.3 Å². The topological polar surface area (TPSA) is 75.2 Å². The van der Waals surface area contributed by atoms with Gasteiger partial charge in [-0.1, -0.05) is 12.1 Å². The first-order valence-corrected chi connectivity index (χ1v) is 11.0. The standard InChI is InChI=1S/C19H23F3N4O2S/c1-14-11-18(26-9-3-2-4-10-26)25-17(24-14)12-23-29(27,28)13-15-5-7-16(8-6-15)19(20,21)22/h5-8,11,23H,2-4,9-10,12-13H2,1H3. The molecular formula is C19H23F3N4O2S. The van der Waals surface area contributed by atoms with Gasteiger partial charge in [0, 0.05) is 24.8 Å². The van der Waals surface area contributed by atoms with Gasteiger partial charge in [0.2, 0.25) is 10.0 Å². The molecule has 0 saturated carbocycles. The number of benzene rings is 1. The number of anilines is 1. The summed E-state index contributed by atoms with van der Waals surface area (Å²) in [5, 5.41) is 0. The van der Waals surface area contributed by atoms with Crippen molar-refractivity contribution in [3.63, 3.8) is 0 Å². The molecule has 0 bridgehead atoms. The third-order valence-electron chi connectivity index (χ3n) is 4.66. The van der Waals surface area contributed by atoms with Crippen LogP contribution in [-0.4, -0.2) is 31.5 Å². The molecule has 1 aliphatic rings. The summed E-state index contributed by atoms with van der Waals surface area (Å²) in [7, 11) is -3.76. The van der Waals surface area contributed by atoms with Gasteiger partial charge < -0.3 is 4.90 Å². The number of hydrogen-bond acceptors (Lipinski definition) is 5. The quantitative estimate of drug-likeness (QED) is 0.763. The van der Waals surface area contributed by atoms with Crippen molar-refractivity contribution < 1.29 is 21.6 Å². The summed E-state index contributed by atoms with van der Waals surface area (Å²) in [4.78, 5) is 10.9. The Morgan fingerprint density at radius 1 is 1.07 bits per heavy atom. The number of sulfonamides is 1. The molecular weight excluding hydrogens is 405 g/mol. The van der Waals surface area contributed by atoms with E-state index in [2.05, 4.69) is 19.6 Å². The molecule has 6 nitrogen and oxygen atoms in total. The lowest BCUT2D eigenvalue weighted by Crippen LogP contribution is -2.31. The van der Waals surface area contributed by atoms with Crippen molar-refractivity contribution in [2.45, 2.75) is 44.7 Å². The number of nitrogens with one attached hydrogen (secondary N) is 1. The SMILES string of the molecule is Cc1cc(N2CCCCC2)nc(CNS(=O)(=O)Cc2ccc(C(F)(F)F)cc2)n1. The van der Waals surface area contributed by atoms with E-state index < -0.39 is 27.5 Å². The molecule has 158 valence electrons. The molecule has 3 rings (SSSR count). The predicted octanol–water partition coefficient (Wildman–Crippen LogP) is 3.41. The van der Waals surface area contributed by atoms with Gasteiger partial charge in [0.05, 0.1) is 17.9 Å². The lowest BCUT2D eigenvalue weighted by molar-refractivity contribution is -0.137. The Hall–Kier alpha value is -2.20. The number of rotatable bonds is 6. The second kappa shape index (κ2) is 8.66. The molecule has 0 unspecified atom stereocenters. The molecule has 10 heteroatoms. The van der Waals surface area contributed by atoms with Gasteiger partial charge in [-0.05, 0) is 43.9 Å². The van der Waals surface area contributed by atoms with Gasteiger partial charge >= 0.3 is 6.18 Å². The number of piperidine rings is 1. The highest BCUT2D eigenvalue weighted by molar-refractivity contribution is 7.88. The monoisotopic (exact) mass is 428 g/mol. The van der Waals surface area contributed by atoms with Crippen LogP contribution >= 0.6 is 0 Å². The Kier molecular flexibility index (Phi) is 6.42. The predicted molar refractivity (Wildman–Crippen MR) is 104 cm³/mol. The lowest BCUT2D eigenvalue weighted by atomic mass is 10.1. The molecule has 1 aromatic carbocycles. The Balaban J connectivity index is 1.64. The second-order valence-electron chi connectivity index (χ2n) is 7.11. The molecule has 1 fully saturated rings. The van der Waals surface area contributed by atoms with Gasteiger partial charge in [-0.2, -0.15) is 13.2 Å². The van der Waals surface area contributed by atoms with Crippen molar-refractivity contribution in [1.29, 1.82) is 0 Å². The fourth-order valence-corrected chi connectivity index (χ4v) is 4.29. The summed E-state index contributed by atoms with van der Waals surface area (Å²) < 4.78 is 64.9. The largest absolute Gasteiger partial charge is 0.416 e. The number of alkyl halides is 3. The average Bonchev–Trinajstić information content (AvgIpc) is 2.66. The highest BCUT2D eigenvalue weighted by atomic mass is 32.2. The summed E-state index contributed by atoms with van der Waals surface area (Å²) >= 11 is 0. The van der Waals surface area contributed by atoms with Crippen LogP contribution in [0, 0.1) is 6.92 Å². The lowest BCUT2D eigenvalue weighted by Gasteiger charge is -2.28. The van der Waals surface area contributed by atoms with Crippen molar-refractivity contribution in [1.82, 2.24) is 14.7 Å². The zero-order chi connectivity index (χ0) is 21.1. The van der Waals surface area contributed by atoms with E-state index in [4.69, 9.17) is 0 Å². The zero-order valence-corrected chi connectivity index (χ0v) is 16.9. The molecule has 1 N–H and O–H groups in total. The maximum Gasteiger partial charge on any atom is 0.416 e. The van der Waals surface area contributed by atoms with Crippen LogP contribution in [-0.2, 0) is 28.5 Å². The van der Waals surface area contributed by atoms with E-state index in [9.17, 15) is 21.6 Å². The summed E-state index contributed by atoms with van der Waals surface area (Å²) in [6.45, 7) is 3.58. The number of hydrogen-bond donors (Lipinski definition) is 1. The molecule has 29 heavy (non-hydrogen) atoms. The van der Waals surface area contributed by atoms with Gasteiger partial charge in [-0.15, -0.1) is 0 Å². The number of nitrogens with zero attached hydrogens (tertiary/aromatic N) is 3. The molecule has 0 spiro atoms. The van der Waals surface area contributed by atoms with Gasteiger partial charge in [-0.3, -0.25) is 0 Å². The number of aryl methyl sites for hydroxylation is 1. The summed E-state index contributed by atoms with van der Waals surface area (Å²) in [6, 6.07) is 5.96. The van der Waals surface area contributed by atoms with Crippen molar-refractivity contribution in [3.8, 4) is 0 Å². The van der Waals surface area contributed by atoms with E-state index in [1.807, 2.05) is 13.0 Å². The Morgan fingerprint density at radius 2 is 1.72 bits per heavy atom. The molecule has 0 amide bonds. The van der Waals surface area contributed by atoms with Gasteiger partial charge in [0.1, 0.15) is 11.6 Å². The van der Waals surface area contributed by atoms with Gasteiger partial charge in [-0.25, -0.2) is 23.1 Å². The minimum Gasteiger partial charge on any atom is -0.357 e. The summed E-state index contributed by atoms with van der Waals surface area (Å²) in [5.74, 6) is 0.728. The fourth-order valence-electron chi connectivity index (χ4n) is 3.21. The van der Waals surface area contributed by atoms with E-state index in [0.717, 1.165) is 49.6 Å². The molecule has 0 aliphatic carbocycles. The van der Waals surface area contributed by atoms with Crippen molar-refractivity contribution >= 4 is 15.8 Å². The molecule has 1 saturated heterocycles. The molecule has 1 aliphatic heterocycles. The van der Waals surface area contributed by atoms with E-state index >= 15 is 0 Å². The van der Waals surface area contributed by atoms with Crippen LogP contribution in [0.5, 0.6) is 0 Å². The van der Waals surface area contributed by atoms with E-state index in [0.29, 0.717) is 5.82 Å². The van der Waals surface area contributed by atoms with Gasteiger partial charge in [0.25, 0.3) is 0 Å². The molecule has 2 heterocycles. The van der Waals surface area contributed by atoms with E-state index in [1.54, 1.807) is 0 Å². The van der Waals surface area contributed by atoms with Gasteiger partial charge in [0.15, 0.2) is 0 Å². The van der Waals surface area contributed by atoms with E-state index in [1.165, 1.54) is 18.6 Å². The Bertz CT molecular complexity index is 941. The first-order valence-electron chi connectivity index (χ1n) is 9.35. The third-order valence-corrected chi connectivity index (χ3v) is 5.95. The molecule has 0 atom stereocenters. The number of aromatic nitrogens is 2. The number of halogens is 3. The van der Waals surface area contributed by atoms with Crippen molar-refractivity contribution in [2.24, 2.45) is 0 Å². The second-order valence-corrected chi connectivity index (χ2v) is 8.91. The van der Waals surface area contributed by atoms with Crippen molar-refractivity contribution in [2.75, 3.05) is 18.0 Å². The summed E-state index contributed by atoms with van der Waals surface area (Å²) in [5.41, 5.74) is 0.201. The third kappa shape index (κ3) is 6.14. The highest BCUT2D eigenvalue weighted by Crippen LogP contribution is 2.29. The maximum atomic E-state index is 12.6. The smallest absolute Gasteiger partial charge is 0.357 e. The molecule has 1 aromatic heterocycles. The average molecular weight is 428 g/mol. The van der Waals surface area contributed by atoms with Crippen LogP contribution in [0.1, 0.15) is 41.9 Å².